The molecule has 0 spiro atoms. The van der Waals surface area contributed by atoms with E-state index in [4.69, 9.17) is 0 Å². The Labute approximate surface area is 135 Å². The third-order valence-electron chi connectivity index (χ3n) is 3.47. The van der Waals surface area contributed by atoms with E-state index in [2.05, 4.69) is 5.32 Å². The number of nitrogens with one attached hydrogen (secondary N) is 1. The van der Waals surface area contributed by atoms with Crippen molar-refractivity contribution in [3.63, 3.8) is 0 Å². The van der Waals surface area contributed by atoms with Gasteiger partial charge < -0.3 is 5.32 Å². The molecule has 1 nitrogen and oxygen atoms in total. The van der Waals surface area contributed by atoms with E-state index in [1.54, 1.807) is 24.3 Å². The minimum atomic E-state index is -6.36. The van der Waals surface area contributed by atoms with Crippen LogP contribution in [0.5, 0.6) is 0 Å². The van der Waals surface area contributed by atoms with Crippen molar-refractivity contribution in [2.45, 2.75) is 27.8 Å². The van der Waals surface area contributed by atoms with Crippen molar-refractivity contribution in [3.05, 3.63) is 48.0 Å². The molecule has 2 aromatic rings. The average Bonchev–Trinajstić information content (AvgIpc) is 2.51. The second-order valence-corrected chi connectivity index (χ2v) is 6.16. The standard InChI is InChI=1S/C15H8F7NS/c16-13(17,14(18,19)15(20,21)22)8-5-6-12-10(7-8)23-9-3-1-2-4-11(9)24-12/h1-7,23H. The van der Waals surface area contributed by atoms with Crippen LogP contribution < -0.4 is 5.32 Å². The van der Waals surface area contributed by atoms with Gasteiger partial charge in [-0.25, -0.2) is 0 Å². The van der Waals surface area contributed by atoms with Gasteiger partial charge in [-0.1, -0.05) is 30.0 Å². The van der Waals surface area contributed by atoms with Crippen molar-refractivity contribution in [1.29, 1.82) is 0 Å². The Bertz CT molecular complexity index is 786. The number of para-hydroxylation sites is 1. The van der Waals surface area contributed by atoms with Crippen molar-refractivity contribution in [2.24, 2.45) is 0 Å². The summed E-state index contributed by atoms with van der Waals surface area (Å²) >= 11 is 1.20. The topological polar surface area (TPSA) is 12.0 Å². The smallest absolute Gasteiger partial charge is 0.354 e. The van der Waals surface area contributed by atoms with Gasteiger partial charge in [0.2, 0.25) is 0 Å². The fraction of sp³-hybridized carbons (Fsp3) is 0.200. The van der Waals surface area contributed by atoms with E-state index in [0.717, 1.165) is 11.0 Å². The SMILES string of the molecule is FC(F)(F)C(F)(F)C(F)(F)c1ccc2c(c1)Nc1ccccc1S2. The zero-order valence-electron chi connectivity index (χ0n) is 11.6. The van der Waals surface area contributed by atoms with E-state index in [0.29, 0.717) is 22.7 Å². The summed E-state index contributed by atoms with van der Waals surface area (Å²) in [4.78, 5) is 1.23. The van der Waals surface area contributed by atoms with Gasteiger partial charge in [0.05, 0.1) is 11.4 Å². The molecule has 0 bridgehead atoms. The molecule has 0 aliphatic carbocycles. The highest BCUT2D eigenvalue weighted by Gasteiger charge is 2.73. The number of hydrogen-bond donors (Lipinski definition) is 1. The summed E-state index contributed by atoms with van der Waals surface area (Å²) in [6.45, 7) is 0. The molecule has 0 aromatic heterocycles. The third kappa shape index (κ3) is 2.51. The molecule has 0 saturated carbocycles. The van der Waals surface area contributed by atoms with Crippen LogP contribution >= 0.6 is 11.8 Å². The van der Waals surface area contributed by atoms with Crippen molar-refractivity contribution >= 4 is 23.1 Å². The maximum absolute atomic E-state index is 13.8. The Balaban J connectivity index is 2.01. The quantitative estimate of drug-likeness (QED) is 0.543. The fourth-order valence-electron chi connectivity index (χ4n) is 2.19. The molecule has 3 rings (SSSR count). The summed E-state index contributed by atoms with van der Waals surface area (Å²) in [5, 5.41) is 2.76. The van der Waals surface area contributed by atoms with Gasteiger partial charge in [0.1, 0.15) is 0 Å². The van der Waals surface area contributed by atoms with Crippen LogP contribution in [-0.2, 0) is 5.92 Å². The van der Waals surface area contributed by atoms with Crippen LogP contribution in [0.3, 0.4) is 0 Å². The number of rotatable bonds is 2. The molecule has 1 aliphatic heterocycles. The molecule has 24 heavy (non-hydrogen) atoms. The Morgan fingerprint density at radius 2 is 1.38 bits per heavy atom. The van der Waals surface area contributed by atoms with E-state index in [1.807, 2.05) is 0 Å². The summed E-state index contributed by atoms with van der Waals surface area (Å²) in [5.41, 5.74) is -0.803. The normalized spacial score (nSPS) is 14.6. The summed E-state index contributed by atoms with van der Waals surface area (Å²) < 4.78 is 90.8. The zero-order valence-corrected chi connectivity index (χ0v) is 12.4. The molecule has 0 radical (unpaired) electrons. The maximum atomic E-state index is 13.8. The number of halogens is 7. The van der Waals surface area contributed by atoms with Gasteiger partial charge in [-0.2, -0.15) is 30.7 Å². The first-order chi connectivity index (χ1) is 11.0. The lowest BCUT2D eigenvalue weighted by Gasteiger charge is -2.29. The maximum Gasteiger partial charge on any atom is 0.460 e. The zero-order chi connectivity index (χ0) is 17.8. The lowest BCUT2D eigenvalue weighted by atomic mass is 10.0. The second kappa shape index (κ2) is 5.30. The largest absolute Gasteiger partial charge is 0.460 e. The molecule has 0 fully saturated rings. The van der Waals surface area contributed by atoms with Crippen molar-refractivity contribution in [1.82, 2.24) is 0 Å². The van der Waals surface area contributed by atoms with Crippen LogP contribution in [0.2, 0.25) is 0 Å². The van der Waals surface area contributed by atoms with Gasteiger partial charge in [0, 0.05) is 15.4 Å². The molecule has 0 unspecified atom stereocenters. The molecule has 9 heteroatoms. The van der Waals surface area contributed by atoms with Gasteiger partial charge in [0.25, 0.3) is 0 Å². The molecule has 0 saturated heterocycles. The molecule has 1 aliphatic rings. The Kier molecular flexibility index (Phi) is 3.74. The van der Waals surface area contributed by atoms with Crippen LogP contribution in [0.25, 0.3) is 0 Å². The molecular formula is C15H8F7NS. The van der Waals surface area contributed by atoms with Crippen LogP contribution in [0.15, 0.2) is 52.3 Å². The lowest BCUT2D eigenvalue weighted by Crippen LogP contribution is -2.50. The Morgan fingerprint density at radius 1 is 0.750 bits per heavy atom. The molecular weight excluding hydrogens is 359 g/mol. The molecule has 128 valence electrons. The van der Waals surface area contributed by atoms with E-state index in [1.165, 1.54) is 11.8 Å². The second-order valence-electron chi connectivity index (χ2n) is 5.08. The van der Waals surface area contributed by atoms with Gasteiger partial charge in [0.15, 0.2) is 0 Å². The number of alkyl halides is 7. The van der Waals surface area contributed by atoms with E-state index in [-0.39, 0.29) is 5.69 Å². The molecule has 0 amide bonds. The van der Waals surface area contributed by atoms with Crippen molar-refractivity contribution < 1.29 is 30.7 Å². The highest BCUT2D eigenvalue weighted by atomic mass is 32.2. The Morgan fingerprint density at radius 3 is 2.04 bits per heavy atom. The lowest BCUT2D eigenvalue weighted by molar-refractivity contribution is -0.359. The first-order valence-corrected chi connectivity index (χ1v) is 7.36. The number of hydrogen-bond acceptors (Lipinski definition) is 2. The van der Waals surface area contributed by atoms with Gasteiger partial charge >= 0.3 is 18.0 Å². The predicted octanol–water partition coefficient (Wildman–Crippen LogP) is 6.18. The number of benzene rings is 2. The first-order valence-electron chi connectivity index (χ1n) is 6.55. The molecule has 2 aromatic carbocycles. The minimum Gasteiger partial charge on any atom is -0.354 e. The predicted molar refractivity (Wildman–Crippen MR) is 75.2 cm³/mol. The molecule has 1 heterocycles. The monoisotopic (exact) mass is 367 g/mol. The number of fused-ring (bicyclic) bond motifs is 2. The van der Waals surface area contributed by atoms with Crippen LogP contribution in [0.4, 0.5) is 42.1 Å². The fourth-order valence-corrected chi connectivity index (χ4v) is 3.16. The average molecular weight is 367 g/mol. The van der Waals surface area contributed by atoms with Gasteiger partial charge in [-0.3, -0.25) is 0 Å². The van der Waals surface area contributed by atoms with Crippen molar-refractivity contribution in [2.75, 3.05) is 5.32 Å². The van der Waals surface area contributed by atoms with E-state index >= 15 is 0 Å². The summed E-state index contributed by atoms with van der Waals surface area (Å²) in [6, 6.07) is 9.13. The van der Waals surface area contributed by atoms with Crippen molar-refractivity contribution in [3.8, 4) is 0 Å². The van der Waals surface area contributed by atoms with Gasteiger partial charge in [-0.05, 0) is 24.3 Å². The van der Waals surface area contributed by atoms with E-state index < -0.39 is 23.6 Å². The first kappa shape index (κ1) is 16.9. The Hall–Kier alpha value is -1.90. The summed E-state index contributed by atoms with van der Waals surface area (Å²) in [7, 11) is 0. The number of anilines is 2. The highest BCUT2D eigenvalue weighted by molar-refractivity contribution is 7.99. The van der Waals surface area contributed by atoms with Crippen LogP contribution in [-0.4, -0.2) is 12.1 Å². The van der Waals surface area contributed by atoms with Crippen LogP contribution in [0, 0.1) is 0 Å². The summed E-state index contributed by atoms with van der Waals surface area (Å²) in [6.07, 6.45) is -6.36. The molecule has 0 atom stereocenters. The van der Waals surface area contributed by atoms with Crippen LogP contribution in [0.1, 0.15) is 5.56 Å². The molecule has 1 N–H and O–H groups in total. The van der Waals surface area contributed by atoms with E-state index in [9.17, 15) is 30.7 Å². The minimum absolute atomic E-state index is 0.0499. The summed E-state index contributed by atoms with van der Waals surface area (Å²) in [5.74, 6) is -11.6. The highest BCUT2D eigenvalue weighted by Crippen LogP contribution is 2.53. The van der Waals surface area contributed by atoms with Gasteiger partial charge in [-0.15, -0.1) is 0 Å². The third-order valence-corrected chi connectivity index (χ3v) is 4.62.